The zero-order valence-electron chi connectivity index (χ0n) is 16.9. The van der Waals surface area contributed by atoms with Gasteiger partial charge in [0.1, 0.15) is 17.1 Å². The molecule has 30 heavy (non-hydrogen) atoms. The summed E-state index contributed by atoms with van der Waals surface area (Å²) in [6, 6.07) is 4.56. The van der Waals surface area contributed by atoms with E-state index in [0.29, 0.717) is 12.5 Å². The van der Waals surface area contributed by atoms with Crippen molar-refractivity contribution in [2.45, 2.75) is 57.9 Å². The number of ketones is 1. The van der Waals surface area contributed by atoms with Crippen LogP contribution in [0.4, 0.5) is 13.6 Å². The molecule has 0 aliphatic carbocycles. The zero-order chi connectivity index (χ0) is 22.5. The molecule has 8 nitrogen and oxygen atoms in total. The lowest BCUT2D eigenvalue weighted by molar-refractivity contribution is -0.125. The van der Waals surface area contributed by atoms with Crippen LogP contribution in [0.3, 0.4) is 0 Å². The van der Waals surface area contributed by atoms with Crippen LogP contribution in [0.15, 0.2) is 18.2 Å². The van der Waals surface area contributed by atoms with Gasteiger partial charge in [0.05, 0.1) is 12.5 Å². The van der Waals surface area contributed by atoms with Gasteiger partial charge in [-0.05, 0) is 38.8 Å². The van der Waals surface area contributed by atoms with E-state index in [1.807, 2.05) is 0 Å². The van der Waals surface area contributed by atoms with E-state index in [2.05, 4.69) is 4.74 Å². The van der Waals surface area contributed by atoms with Gasteiger partial charge in [-0.2, -0.15) is 0 Å². The number of halogens is 2. The number of rotatable bonds is 8. The van der Waals surface area contributed by atoms with Crippen molar-refractivity contribution >= 4 is 25.0 Å². The number of alkyl halides is 2. The van der Waals surface area contributed by atoms with Gasteiger partial charge in [-0.1, -0.05) is 12.1 Å². The number of hydrogen-bond acceptors (Lipinski definition) is 8. The van der Waals surface area contributed by atoms with Crippen molar-refractivity contribution in [3.05, 3.63) is 29.3 Å². The van der Waals surface area contributed by atoms with Gasteiger partial charge in [0.2, 0.25) is 6.79 Å². The Morgan fingerprint density at radius 1 is 1.30 bits per heavy atom. The number of esters is 1. The summed E-state index contributed by atoms with van der Waals surface area (Å²) in [4.78, 5) is 35.4. The van der Waals surface area contributed by atoms with E-state index in [1.54, 1.807) is 26.0 Å². The molecule has 11 heteroatoms. The third-order valence-electron chi connectivity index (χ3n) is 4.14. The van der Waals surface area contributed by atoms with Crippen LogP contribution in [0.5, 0.6) is 5.75 Å². The van der Waals surface area contributed by atoms with Crippen LogP contribution < -0.4 is 4.65 Å². The highest BCUT2D eigenvalue weighted by molar-refractivity contribution is 6.47. The average Bonchev–Trinajstić information content (AvgIpc) is 2.59. The standard InChI is InChI=1S/C19H23BF2O8/c1-11(2)29-18(25)28-10-27-17(24)15-6-4-5-12-7-13(20(26)30-16(12)15)8-14(23)9-19(3,21)22/h4-6,11,13,26H,7-10H2,1-3H3/t13-/m1/s1. The Kier molecular flexibility index (Phi) is 7.77. The number of benzene rings is 1. The lowest BCUT2D eigenvalue weighted by Crippen LogP contribution is -2.36. The largest absolute Gasteiger partial charge is 0.535 e. The topological polar surface area (TPSA) is 108 Å². The van der Waals surface area contributed by atoms with E-state index in [9.17, 15) is 28.2 Å². The molecule has 0 saturated heterocycles. The number of carbonyl (C=O) groups excluding carboxylic acids is 3. The monoisotopic (exact) mass is 428 g/mol. The van der Waals surface area contributed by atoms with Crippen LogP contribution in [0.25, 0.3) is 0 Å². The lowest BCUT2D eigenvalue weighted by Gasteiger charge is -2.28. The second-order valence-electron chi connectivity index (χ2n) is 7.37. The Morgan fingerprint density at radius 3 is 2.63 bits per heavy atom. The van der Waals surface area contributed by atoms with Crippen molar-refractivity contribution in [1.82, 2.24) is 0 Å². The van der Waals surface area contributed by atoms with E-state index in [4.69, 9.17) is 14.1 Å². The summed E-state index contributed by atoms with van der Waals surface area (Å²) in [7, 11) is -1.46. The molecule has 0 fully saturated rings. The molecule has 1 aliphatic heterocycles. The third-order valence-corrected chi connectivity index (χ3v) is 4.14. The van der Waals surface area contributed by atoms with Gasteiger partial charge < -0.3 is 23.9 Å². The van der Waals surface area contributed by atoms with Crippen LogP contribution in [0, 0.1) is 0 Å². The summed E-state index contributed by atoms with van der Waals surface area (Å²) in [5.74, 6) is -5.36. The molecule has 0 radical (unpaired) electrons. The first-order valence-electron chi connectivity index (χ1n) is 9.33. The van der Waals surface area contributed by atoms with Crippen molar-refractivity contribution in [2.24, 2.45) is 0 Å². The summed E-state index contributed by atoms with van der Waals surface area (Å²) >= 11 is 0. The molecule has 1 N–H and O–H groups in total. The molecule has 0 saturated carbocycles. The number of fused-ring (bicyclic) bond motifs is 1. The summed E-state index contributed by atoms with van der Waals surface area (Å²) < 4.78 is 45.6. The quantitative estimate of drug-likeness (QED) is 0.382. The lowest BCUT2D eigenvalue weighted by atomic mass is 9.64. The number of hydrogen-bond donors (Lipinski definition) is 1. The van der Waals surface area contributed by atoms with Gasteiger partial charge >= 0.3 is 19.2 Å². The Labute approximate surface area is 172 Å². The number of para-hydroxylation sites is 1. The maximum atomic E-state index is 13.0. The second kappa shape index (κ2) is 9.88. The minimum atomic E-state index is -3.13. The van der Waals surface area contributed by atoms with Gasteiger partial charge in [0.15, 0.2) is 0 Å². The molecule has 0 amide bonds. The van der Waals surface area contributed by atoms with Gasteiger partial charge in [-0.25, -0.2) is 18.4 Å². The highest BCUT2D eigenvalue weighted by atomic mass is 19.3. The number of Topliss-reactive ketones (excluding diaryl/α,β-unsaturated/α-hetero) is 1. The van der Waals surface area contributed by atoms with Crippen LogP contribution in [0.1, 0.15) is 49.5 Å². The summed E-state index contributed by atoms with van der Waals surface area (Å²) in [6.45, 7) is 3.22. The first-order chi connectivity index (χ1) is 14.0. The van der Waals surface area contributed by atoms with E-state index < -0.39 is 56.1 Å². The molecule has 0 aromatic heterocycles. The smallest absolute Gasteiger partial charge is 0.526 e. The molecule has 2 rings (SSSR count). The Balaban J connectivity index is 2.01. The minimum Gasteiger partial charge on any atom is -0.535 e. The molecular weight excluding hydrogens is 405 g/mol. The van der Waals surface area contributed by atoms with E-state index in [-0.39, 0.29) is 24.2 Å². The molecule has 1 aromatic rings. The Hall–Kier alpha value is -2.69. The maximum absolute atomic E-state index is 13.0. The molecule has 164 valence electrons. The first-order valence-corrected chi connectivity index (χ1v) is 9.33. The van der Waals surface area contributed by atoms with Gasteiger partial charge in [0.25, 0.3) is 5.92 Å². The van der Waals surface area contributed by atoms with E-state index >= 15 is 0 Å². The molecule has 1 aromatic carbocycles. The highest BCUT2D eigenvalue weighted by Crippen LogP contribution is 2.37. The Bertz CT molecular complexity index is 793. The van der Waals surface area contributed by atoms with Crippen molar-refractivity contribution in [3.8, 4) is 5.75 Å². The van der Waals surface area contributed by atoms with Crippen LogP contribution >= 0.6 is 0 Å². The zero-order valence-corrected chi connectivity index (χ0v) is 16.9. The fourth-order valence-corrected chi connectivity index (χ4v) is 2.96. The highest BCUT2D eigenvalue weighted by Gasteiger charge is 2.39. The van der Waals surface area contributed by atoms with Crippen LogP contribution in [0.2, 0.25) is 5.82 Å². The van der Waals surface area contributed by atoms with Crippen molar-refractivity contribution in [1.29, 1.82) is 0 Å². The number of carbonyl (C=O) groups is 3. The van der Waals surface area contributed by atoms with Crippen molar-refractivity contribution in [2.75, 3.05) is 6.79 Å². The van der Waals surface area contributed by atoms with Crippen LogP contribution in [-0.2, 0) is 25.4 Å². The van der Waals surface area contributed by atoms with Gasteiger partial charge in [-0.3, -0.25) is 4.79 Å². The number of ether oxygens (including phenoxy) is 3. The molecular formula is C19H23BF2O8. The second-order valence-corrected chi connectivity index (χ2v) is 7.37. The first kappa shape index (κ1) is 23.6. The molecule has 1 aliphatic rings. The van der Waals surface area contributed by atoms with Crippen molar-refractivity contribution < 1.29 is 47.1 Å². The third kappa shape index (κ3) is 6.98. The summed E-state index contributed by atoms with van der Waals surface area (Å²) in [5, 5.41) is 10.2. The summed E-state index contributed by atoms with van der Waals surface area (Å²) in [6.07, 6.45) is -2.45. The molecule has 0 bridgehead atoms. The normalized spacial score (nSPS) is 15.8. The van der Waals surface area contributed by atoms with Gasteiger partial charge in [-0.15, -0.1) is 0 Å². The minimum absolute atomic E-state index is 0.0164. The van der Waals surface area contributed by atoms with Crippen molar-refractivity contribution in [3.63, 3.8) is 0 Å². The van der Waals surface area contributed by atoms with E-state index in [0.717, 1.165) is 0 Å². The predicted molar refractivity (Wildman–Crippen MR) is 100 cm³/mol. The molecule has 1 atom stereocenters. The summed E-state index contributed by atoms with van der Waals surface area (Å²) in [5.41, 5.74) is 0.494. The van der Waals surface area contributed by atoms with Crippen LogP contribution in [-0.4, -0.2) is 48.9 Å². The molecule has 0 unspecified atom stereocenters. The molecule has 1 heterocycles. The SMILES string of the molecule is CC(C)OC(=O)OCOC(=O)c1cccc2c1OB(O)[C@@H](CC(=O)CC(C)(F)F)C2. The Morgan fingerprint density at radius 2 is 2.00 bits per heavy atom. The fraction of sp³-hybridized carbons (Fsp3) is 0.526. The predicted octanol–water partition coefficient (Wildman–Crippen LogP) is 3.15. The average molecular weight is 428 g/mol. The van der Waals surface area contributed by atoms with E-state index in [1.165, 1.54) is 6.07 Å². The van der Waals surface area contributed by atoms with Gasteiger partial charge in [0, 0.05) is 12.2 Å². The molecule has 0 spiro atoms. The maximum Gasteiger partial charge on any atom is 0.526 e. The fourth-order valence-electron chi connectivity index (χ4n) is 2.96.